The van der Waals surface area contributed by atoms with E-state index in [9.17, 15) is 13.2 Å². The van der Waals surface area contributed by atoms with Crippen LogP contribution in [0, 0.1) is 0 Å². The van der Waals surface area contributed by atoms with E-state index in [1.165, 1.54) is 12.3 Å². The standard InChI is InChI=1S/C8H6ClN3O4S/c9-6-3-5(4-10-8(6)13)17(14,15)12-7-1-2-16-11-7/h1-4H,(H,10,13)(H,11,12). The Bertz CT molecular complexity index is 677. The summed E-state index contributed by atoms with van der Waals surface area (Å²) >= 11 is 5.53. The van der Waals surface area contributed by atoms with Gasteiger partial charge in [-0.2, -0.15) is 0 Å². The smallest absolute Gasteiger partial charge is 0.266 e. The van der Waals surface area contributed by atoms with E-state index in [0.717, 1.165) is 12.3 Å². The van der Waals surface area contributed by atoms with Gasteiger partial charge in [0.25, 0.3) is 15.6 Å². The summed E-state index contributed by atoms with van der Waals surface area (Å²) in [7, 11) is -3.85. The van der Waals surface area contributed by atoms with Crippen LogP contribution in [0.25, 0.3) is 0 Å². The minimum atomic E-state index is -3.85. The van der Waals surface area contributed by atoms with E-state index >= 15 is 0 Å². The lowest BCUT2D eigenvalue weighted by atomic mass is 10.5. The molecule has 2 aromatic heterocycles. The minimum Gasteiger partial charge on any atom is -0.363 e. The molecule has 17 heavy (non-hydrogen) atoms. The molecular formula is C8H6ClN3O4S. The molecule has 0 aliphatic carbocycles. The molecule has 2 heterocycles. The van der Waals surface area contributed by atoms with E-state index in [4.69, 9.17) is 11.6 Å². The first-order chi connectivity index (χ1) is 7.99. The quantitative estimate of drug-likeness (QED) is 0.863. The van der Waals surface area contributed by atoms with Gasteiger partial charge in [-0.3, -0.25) is 9.52 Å². The Morgan fingerprint density at radius 2 is 2.24 bits per heavy atom. The summed E-state index contributed by atoms with van der Waals surface area (Å²) in [5, 5.41) is 3.18. The topological polar surface area (TPSA) is 105 Å². The molecule has 0 aliphatic heterocycles. The lowest BCUT2D eigenvalue weighted by Crippen LogP contribution is -2.16. The summed E-state index contributed by atoms with van der Waals surface area (Å²) in [5.41, 5.74) is -0.563. The number of hydrogen-bond donors (Lipinski definition) is 2. The predicted octanol–water partition coefficient (Wildman–Crippen LogP) is 0.817. The zero-order valence-electron chi connectivity index (χ0n) is 8.18. The summed E-state index contributed by atoms with van der Waals surface area (Å²) in [4.78, 5) is 13.0. The van der Waals surface area contributed by atoms with Gasteiger partial charge in [-0.05, 0) is 6.07 Å². The van der Waals surface area contributed by atoms with Crippen molar-refractivity contribution >= 4 is 27.4 Å². The molecule has 90 valence electrons. The Morgan fingerprint density at radius 3 is 2.82 bits per heavy atom. The summed E-state index contributed by atoms with van der Waals surface area (Å²) in [5.74, 6) is 0.0346. The van der Waals surface area contributed by atoms with Gasteiger partial charge in [0.1, 0.15) is 16.2 Å². The molecule has 0 spiro atoms. The van der Waals surface area contributed by atoms with Crippen LogP contribution in [0.2, 0.25) is 5.02 Å². The summed E-state index contributed by atoms with van der Waals surface area (Å²) in [6.45, 7) is 0. The van der Waals surface area contributed by atoms with Gasteiger partial charge in [0, 0.05) is 12.3 Å². The Morgan fingerprint density at radius 1 is 1.47 bits per heavy atom. The molecule has 2 rings (SSSR count). The second kappa shape index (κ2) is 4.22. The highest BCUT2D eigenvalue weighted by Gasteiger charge is 2.16. The van der Waals surface area contributed by atoms with E-state index in [1.54, 1.807) is 0 Å². The minimum absolute atomic E-state index is 0.0346. The zero-order valence-corrected chi connectivity index (χ0v) is 9.75. The average Bonchev–Trinajstić information content (AvgIpc) is 2.73. The van der Waals surface area contributed by atoms with E-state index in [2.05, 4.69) is 19.4 Å². The van der Waals surface area contributed by atoms with Crippen molar-refractivity contribution in [1.29, 1.82) is 0 Å². The van der Waals surface area contributed by atoms with Crippen LogP contribution in [0.3, 0.4) is 0 Å². The molecule has 0 aromatic carbocycles. The van der Waals surface area contributed by atoms with Gasteiger partial charge in [0.15, 0.2) is 5.82 Å². The van der Waals surface area contributed by atoms with Crippen LogP contribution in [0.1, 0.15) is 0 Å². The van der Waals surface area contributed by atoms with Crippen molar-refractivity contribution in [2.45, 2.75) is 4.90 Å². The fraction of sp³-hybridized carbons (Fsp3) is 0. The molecule has 0 bridgehead atoms. The second-order valence-electron chi connectivity index (χ2n) is 3.00. The highest BCUT2D eigenvalue weighted by atomic mass is 35.5. The number of halogens is 1. The molecule has 7 nitrogen and oxygen atoms in total. The maximum atomic E-state index is 11.8. The molecular weight excluding hydrogens is 270 g/mol. The number of anilines is 1. The summed E-state index contributed by atoms with van der Waals surface area (Å²) < 4.78 is 30.2. The first kappa shape index (κ1) is 11.7. The van der Waals surface area contributed by atoms with Crippen LogP contribution in [0.5, 0.6) is 0 Å². The van der Waals surface area contributed by atoms with Gasteiger partial charge in [-0.15, -0.1) is 0 Å². The van der Waals surface area contributed by atoms with Gasteiger partial charge in [-0.25, -0.2) is 8.42 Å². The molecule has 0 aliphatic rings. The van der Waals surface area contributed by atoms with Crippen LogP contribution < -0.4 is 10.3 Å². The Labute approximate surface area is 100 Å². The fourth-order valence-electron chi connectivity index (χ4n) is 1.05. The molecule has 0 fully saturated rings. The third-order valence-electron chi connectivity index (χ3n) is 1.82. The van der Waals surface area contributed by atoms with Crippen molar-refractivity contribution in [2.24, 2.45) is 0 Å². The summed E-state index contributed by atoms with van der Waals surface area (Å²) in [6, 6.07) is 2.38. The van der Waals surface area contributed by atoms with Crippen molar-refractivity contribution in [3.8, 4) is 0 Å². The van der Waals surface area contributed by atoms with Crippen molar-refractivity contribution in [2.75, 3.05) is 4.72 Å². The number of aromatic nitrogens is 2. The number of nitrogens with one attached hydrogen (secondary N) is 2. The first-order valence-electron chi connectivity index (χ1n) is 4.30. The maximum Gasteiger partial charge on any atom is 0.266 e. The summed E-state index contributed by atoms with van der Waals surface area (Å²) in [6.07, 6.45) is 2.26. The van der Waals surface area contributed by atoms with Gasteiger partial charge in [0.2, 0.25) is 0 Å². The van der Waals surface area contributed by atoms with E-state index < -0.39 is 15.6 Å². The number of sulfonamides is 1. The SMILES string of the molecule is O=c1[nH]cc(S(=O)(=O)Nc2ccon2)cc1Cl. The number of rotatable bonds is 3. The molecule has 2 aromatic rings. The molecule has 9 heteroatoms. The maximum absolute atomic E-state index is 11.8. The number of hydrogen-bond acceptors (Lipinski definition) is 5. The number of pyridine rings is 1. The molecule has 0 atom stereocenters. The molecule has 0 saturated heterocycles. The lowest BCUT2D eigenvalue weighted by Gasteiger charge is -2.04. The van der Waals surface area contributed by atoms with E-state index in [0.29, 0.717) is 0 Å². The van der Waals surface area contributed by atoms with Gasteiger partial charge in [0.05, 0.1) is 0 Å². The van der Waals surface area contributed by atoms with Crippen LogP contribution in [-0.2, 0) is 10.0 Å². The Kier molecular flexibility index (Phi) is 2.90. The van der Waals surface area contributed by atoms with Crippen LogP contribution >= 0.6 is 11.6 Å². The van der Waals surface area contributed by atoms with Gasteiger partial charge >= 0.3 is 0 Å². The van der Waals surface area contributed by atoms with Gasteiger partial charge in [-0.1, -0.05) is 16.8 Å². The third-order valence-corrected chi connectivity index (χ3v) is 3.43. The third kappa shape index (κ3) is 2.48. The van der Waals surface area contributed by atoms with Crippen molar-refractivity contribution in [3.63, 3.8) is 0 Å². The van der Waals surface area contributed by atoms with Crippen molar-refractivity contribution in [1.82, 2.24) is 10.1 Å². The molecule has 0 saturated carbocycles. The molecule has 0 radical (unpaired) electrons. The fourth-order valence-corrected chi connectivity index (χ4v) is 2.28. The molecule has 2 N–H and O–H groups in total. The lowest BCUT2D eigenvalue weighted by molar-refractivity contribution is 0.423. The van der Waals surface area contributed by atoms with Gasteiger partial charge < -0.3 is 9.51 Å². The van der Waals surface area contributed by atoms with Crippen LogP contribution in [0.15, 0.2) is 38.8 Å². The van der Waals surface area contributed by atoms with E-state index in [1.807, 2.05) is 0 Å². The monoisotopic (exact) mass is 275 g/mol. The number of nitrogens with zero attached hydrogens (tertiary/aromatic N) is 1. The normalized spacial score (nSPS) is 11.4. The largest absolute Gasteiger partial charge is 0.363 e. The van der Waals surface area contributed by atoms with Crippen LogP contribution in [-0.4, -0.2) is 18.6 Å². The van der Waals surface area contributed by atoms with E-state index in [-0.39, 0.29) is 15.7 Å². The highest BCUT2D eigenvalue weighted by Crippen LogP contribution is 2.14. The molecule has 0 amide bonds. The Balaban J connectivity index is 2.38. The highest BCUT2D eigenvalue weighted by molar-refractivity contribution is 7.92. The predicted molar refractivity (Wildman–Crippen MR) is 59.4 cm³/mol. The second-order valence-corrected chi connectivity index (χ2v) is 5.09. The zero-order chi connectivity index (χ0) is 12.5. The number of aromatic amines is 1. The molecule has 0 unspecified atom stereocenters. The Hall–Kier alpha value is -1.80. The van der Waals surface area contributed by atoms with Crippen LogP contribution in [0.4, 0.5) is 5.82 Å². The average molecular weight is 276 g/mol. The first-order valence-corrected chi connectivity index (χ1v) is 6.16. The number of H-pyrrole nitrogens is 1. The van der Waals surface area contributed by atoms with Crippen molar-refractivity contribution in [3.05, 3.63) is 40.0 Å². The van der Waals surface area contributed by atoms with Crippen molar-refractivity contribution < 1.29 is 12.9 Å².